The maximum absolute atomic E-state index is 5.00. The van der Waals surface area contributed by atoms with Crippen molar-refractivity contribution in [2.24, 2.45) is 0 Å². The molecule has 96 valence electrons. The second kappa shape index (κ2) is 5.29. The smallest absolute Gasteiger partial charge is 0.216 e. The Balaban J connectivity index is 1.67. The van der Waals surface area contributed by atoms with Crippen molar-refractivity contribution in [2.45, 2.75) is 34.8 Å². The first kappa shape index (κ1) is 12.0. The molecule has 1 fully saturated rings. The first-order chi connectivity index (χ1) is 8.86. The van der Waals surface area contributed by atoms with E-state index in [-0.39, 0.29) is 0 Å². The lowest BCUT2D eigenvalue weighted by molar-refractivity contribution is 0.200. The summed E-state index contributed by atoms with van der Waals surface area (Å²) in [5.41, 5.74) is 0. The minimum absolute atomic E-state index is 0.475. The van der Waals surface area contributed by atoms with Gasteiger partial charge in [0.1, 0.15) is 5.82 Å². The molecule has 0 spiro atoms. The van der Waals surface area contributed by atoms with Crippen LogP contribution >= 0.6 is 23.3 Å². The predicted octanol–water partition coefficient (Wildman–Crippen LogP) is 1.20. The number of nitrogens with zero attached hydrogens (tertiary/aromatic N) is 6. The predicted molar refractivity (Wildman–Crippen MR) is 65.7 cm³/mol. The van der Waals surface area contributed by atoms with E-state index in [2.05, 4.69) is 24.9 Å². The van der Waals surface area contributed by atoms with Crippen LogP contribution in [-0.4, -0.2) is 43.3 Å². The molecule has 0 bridgehead atoms. The molecule has 0 aliphatic heterocycles. The second-order valence-corrected chi connectivity index (χ2v) is 5.92. The van der Waals surface area contributed by atoms with Crippen molar-refractivity contribution in [1.29, 1.82) is 0 Å². The fraction of sp³-hybridized carbons (Fsp3) is 0.667. The van der Waals surface area contributed by atoms with Gasteiger partial charge in [-0.1, -0.05) is 0 Å². The standard InChI is InChI=1S/C9H12N6OS2/c1-16-5-4-7-10-9(18-12-7)17-8-11-13-14-15(8)6-2-3-6/h6H,2-5H2,1H3. The molecule has 2 heterocycles. The first-order valence-electron chi connectivity index (χ1n) is 5.64. The van der Waals surface area contributed by atoms with Crippen LogP contribution < -0.4 is 0 Å². The van der Waals surface area contributed by atoms with E-state index in [1.165, 1.54) is 23.3 Å². The summed E-state index contributed by atoms with van der Waals surface area (Å²) in [7, 11) is 1.67. The molecule has 1 saturated carbocycles. The number of methoxy groups -OCH3 is 1. The maximum atomic E-state index is 5.00. The summed E-state index contributed by atoms with van der Waals surface area (Å²) in [6, 6.07) is 0.475. The van der Waals surface area contributed by atoms with Crippen LogP contribution in [0.5, 0.6) is 0 Å². The van der Waals surface area contributed by atoms with Crippen molar-refractivity contribution in [3.05, 3.63) is 5.82 Å². The Morgan fingerprint density at radius 3 is 3.17 bits per heavy atom. The van der Waals surface area contributed by atoms with E-state index in [0.29, 0.717) is 12.6 Å². The van der Waals surface area contributed by atoms with Gasteiger partial charge in [0.05, 0.1) is 12.6 Å². The van der Waals surface area contributed by atoms with Crippen LogP contribution in [0.4, 0.5) is 0 Å². The van der Waals surface area contributed by atoms with Gasteiger partial charge in [0.2, 0.25) is 5.16 Å². The van der Waals surface area contributed by atoms with E-state index in [0.717, 1.165) is 34.6 Å². The lowest BCUT2D eigenvalue weighted by atomic mass is 10.4. The Morgan fingerprint density at radius 1 is 1.50 bits per heavy atom. The Labute approximate surface area is 112 Å². The van der Waals surface area contributed by atoms with Gasteiger partial charge in [-0.25, -0.2) is 9.67 Å². The normalized spacial score (nSPS) is 15.2. The largest absolute Gasteiger partial charge is 0.384 e. The molecule has 9 heteroatoms. The van der Waals surface area contributed by atoms with E-state index in [1.54, 1.807) is 7.11 Å². The van der Waals surface area contributed by atoms with Crippen molar-refractivity contribution >= 4 is 23.3 Å². The van der Waals surface area contributed by atoms with E-state index in [4.69, 9.17) is 4.74 Å². The Hall–Kier alpha value is -1.06. The number of tetrazole rings is 1. The number of ether oxygens (including phenoxy) is 1. The molecule has 0 unspecified atom stereocenters. The third-order valence-corrected chi connectivity index (χ3v) is 4.25. The minimum Gasteiger partial charge on any atom is -0.384 e. The molecule has 1 aliphatic carbocycles. The third-order valence-electron chi connectivity index (χ3n) is 2.51. The van der Waals surface area contributed by atoms with E-state index in [1.807, 2.05) is 4.68 Å². The first-order valence-corrected chi connectivity index (χ1v) is 7.23. The molecule has 1 aliphatic rings. The molecule has 7 nitrogen and oxygen atoms in total. The zero-order valence-corrected chi connectivity index (χ0v) is 11.4. The van der Waals surface area contributed by atoms with Gasteiger partial charge < -0.3 is 4.74 Å². The summed E-state index contributed by atoms with van der Waals surface area (Å²) in [6.07, 6.45) is 3.06. The molecule has 0 saturated heterocycles. The van der Waals surface area contributed by atoms with Crippen LogP contribution in [-0.2, 0) is 11.2 Å². The fourth-order valence-electron chi connectivity index (χ4n) is 1.45. The van der Waals surface area contributed by atoms with Gasteiger partial charge in [-0.2, -0.15) is 4.37 Å². The van der Waals surface area contributed by atoms with Crippen molar-refractivity contribution < 1.29 is 4.74 Å². The monoisotopic (exact) mass is 284 g/mol. The van der Waals surface area contributed by atoms with Gasteiger partial charge in [-0.05, 0) is 46.6 Å². The second-order valence-electron chi connectivity index (χ2n) is 3.96. The van der Waals surface area contributed by atoms with Crippen molar-refractivity contribution in [3.8, 4) is 0 Å². The highest BCUT2D eigenvalue weighted by atomic mass is 32.2. The summed E-state index contributed by atoms with van der Waals surface area (Å²) in [6.45, 7) is 0.640. The van der Waals surface area contributed by atoms with E-state index >= 15 is 0 Å². The average molecular weight is 284 g/mol. The fourth-order valence-corrected chi connectivity index (χ4v) is 3.06. The van der Waals surface area contributed by atoms with Gasteiger partial charge in [-0.3, -0.25) is 0 Å². The molecule has 0 radical (unpaired) electrons. The van der Waals surface area contributed by atoms with Gasteiger partial charge in [0.25, 0.3) is 0 Å². The number of aromatic nitrogens is 6. The maximum Gasteiger partial charge on any atom is 0.216 e. The number of hydrogen-bond acceptors (Lipinski definition) is 8. The molecule has 0 atom stereocenters. The van der Waals surface area contributed by atoms with Crippen LogP contribution in [0, 0.1) is 0 Å². The molecular weight excluding hydrogens is 272 g/mol. The lowest BCUT2D eigenvalue weighted by Crippen LogP contribution is -1.98. The molecule has 18 heavy (non-hydrogen) atoms. The summed E-state index contributed by atoms with van der Waals surface area (Å²) >= 11 is 2.85. The van der Waals surface area contributed by atoms with Crippen LogP contribution in [0.15, 0.2) is 9.50 Å². The number of hydrogen-bond donors (Lipinski definition) is 0. The van der Waals surface area contributed by atoms with Crippen LogP contribution in [0.2, 0.25) is 0 Å². The summed E-state index contributed by atoms with van der Waals surface area (Å²) in [5, 5.41) is 12.5. The van der Waals surface area contributed by atoms with Gasteiger partial charge in [-0.15, -0.1) is 5.10 Å². The Bertz CT molecular complexity index is 523. The Morgan fingerprint density at radius 2 is 2.39 bits per heavy atom. The van der Waals surface area contributed by atoms with Gasteiger partial charge in [0, 0.05) is 13.5 Å². The van der Waals surface area contributed by atoms with Crippen LogP contribution in [0.1, 0.15) is 24.7 Å². The topological polar surface area (TPSA) is 78.6 Å². The molecular formula is C9H12N6OS2. The molecule has 0 amide bonds. The highest BCUT2D eigenvalue weighted by molar-refractivity contribution is 8.00. The van der Waals surface area contributed by atoms with Crippen molar-refractivity contribution in [3.63, 3.8) is 0 Å². The molecule has 3 rings (SSSR count). The molecule has 2 aromatic rings. The third kappa shape index (κ3) is 2.68. The quantitative estimate of drug-likeness (QED) is 0.788. The van der Waals surface area contributed by atoms with E-state index in [9.17, 15) is 0 Å². The van der Waals surface area contributed by atoms with Gasteiger partial charge in [0.15, 0.2) is 4.34 Å². The zero-order valence-electron chi connectivity index (χ0n) is 9.81. The lowest BCUT2D eigenvalue weighted by Gasteiger charge is -1.98. The number of rotatable bonds is 6. The Kier molecular flexibility index (Phi) is 3.52. The highest BCUT2D eigenvalue weighted by Crippen LogP contribution is 2.38. The van der Waals surface area contributed by atoms with Crippen LogP contribution in [0.3, 0.4) is 0 Å². The minimum atomic E-state index is 0.475. The van der Waals surface area contributed by atoms with E-state index < -0.39 is 0 Å². The summed E-state index contributed by atoms with van der Waals surface area (Å²) < 4.78 is 12.0. The van der Waals surface area contributed by atoms with Gasteiger partial charge >= 0.3 is 0 Å². The summed E-state index contributed by atoms with van der Waals surface area (Å²) in [5.74, 6) is 0.815. The van der Waals surface area contributed by atoms with Crippen molar-refractivity contribution in [2.75, 3.05) is 13.7 Å². The highest BCUT2D eigenvalue weighted by Gasteiger charge is 2.28. The molecule has 0 N–H and O–H groups in total. The summed E-state index contributed by atoms with van der Waals surface area (Å²) in [4.78, 5) is 4.42. The average Bonchev–Trinajstić information content (AvgIpc) is 2.96. The SMILES string of the molecule is COCCc1nsc(Sc2nnnn2C2CC2)n1. The van der Waals surface area contributed by atoms with Crippen LogP contribution in [0.25, 0.3) is 0 Å². The molecule has 0 aromatic carbocycles. The zero-order chi connectivity index (χ0) is 12.4. The van der Waals surface area contributed by atoms with Crippen molar-refractivity contribution in [1.82, 2.24) is 29.6 Å². The molecule has 2 aromatic heterocycles.